The molecule has 0 aliphatic rings. The molecule has 12 N–H and O–H groups in total. The number of rotatable bonds is 0. The molecule has 0 bridgehead atoms. The molecule has 10 heavy (non-hydrogen) atoms. The topological polar surface area (TPSA) is 189 Å². The molecule has 0 spiro atoms. The van der Waals surface area contributed by atoms with Gasteiger partial charge in [-0.05, 0) is 0 Å². The SMILES string of the molecule is Cl.O.O.O.O.O.O.[Cl][Ni][Cl]. The van der Waals surface area contributed by atoms with Crippen LogP contribution in [0.1, 0.15) is 0 Å². The van der Waals surface area contributed by atoms with Crippen molar-refractivity contribution < 1.29 is 45.5 Å². The molecule has 6 nitrogen and oxygen atoms in total. The fourth-order valence-corrected chi connectivity index (χ4v) is 0. The van der Waals surface area contributed by atoms with E-state index < -0.39 is 0 Å². The summed E-state index contributed by atoms with van der Waals surface area (Å²) in [6.45, 7) is 0. The second-order valence-electron chi connectivity index (χ2n) is 0.0452. The maximum atomic E-state index is 4.70. The molecule has 0 amide bonds. The van der Waals surface area contributed by atoms with Crippen molar-refractivity contribution in [2.75, 3.05) is 0 Å². The average molecular weight is 274 g/mol. The van der Waals surface area contributed by atoms with Crippen LogP contribution in [0.15, 0.2) is 0 Å². The molecule has 0 saturated carbocycles. The number of hydrogen-bond donors (Lipinski definition) is 0. The first-order chi connectivity index (χ1) is 1.41. The average Bonchev–Trinajstić information content (AvgIpc) is 0.918. The van der Waals surface area contributed by atoms with E-state index in [0.29, 0.717) is 12.7 Å². The zero-order valence-corrected chi connectivity index (χ0v) is 7.80. The summed E-state index contributed by atoms with van der Waals surface area (Å²) in [6, 6.07) is 0. The fourth-order valence-electron chi connectivity index (χ4n) is 0. The summed E-state index contributed by atoms with van der Waals surface area (Å²) in [5.41, 5.74) is 0. The predicted octanol–water partition coefficient (Wildman–Crippen LogP) is -3.15. The zero-order chi connectivity index (χ0) is 2.71. The van der Waals surface area contributed by atoms with Crippen molar-refractivity contribution in [2.45, 2.75) is 0 Å². The third-order valence-corrected chi connectivity index (χ3v) is 0. The summed E-state index contributed by atoms with van der Waals surface area (Å²) in [4.78, 5) is 0. The summed E-state index contributed by atoms with van der Waals surface area (Å²) in [5.74, 6) is 0. The summed E-state index contributed by atoms with van der Waals surface area (Å²) in [7, 11) is 9.40. The number of halogens is 3. The molecule has 0 atom stereocenters. The van der Waals surface area contributed by atoms with Crippen molar-refractivity contribution in [1.29, 1.82) is 0 Å². The molecule has 0 rings (SSSR count). The van der Waals surface area contributed by atoms with E-state index in [1.54, 1.807) is 0 Å². The van der Waals surface area contributed by atoms with Crippen molar-refractivity contribution in [2.24, 2.45) is 0 Å². The Morgan fingerprint density at radius 3 is 0.600 bits per heavy atom. The molecule has 0 radical (unpaired) electrons. The standard InChI is InChI=1S/3ClH.Ni.6H2O/h3*1H;;6*1H2/q;;;+2;;;;;;/p-2. The van der Waals surface area contributed by atoms with E-state index >= 15 is 0 Å². The van der Waals surface area contributed by atoms with E-state index in [1.165, 1.54) is 0 Å². The van der Waals surface area contributed by atoms with Gasteiger partial charge in [0.15, 0.2) is 0 Å². The Kier molecular flexibility index (Phi) is 2180. The summed E-state index contributed by atoms with van der Waals surface area (Å²) >= 11 is 0.569. The van der Waals surface area contributed by atoms with E-state index in [4.69, 9.17) is 20.4 Å². The van der Waals surface area contributed by atoms with Crippen LogP contribution in [0.4, 0.5) is 0 Å². The molecule has 0 aromatic heterocycles. The van der Waals surface area contributed by atoms with Crippen LogP contribution in [0.3, 0.4) is 0 Å². The van der Waals surface area contributed by atoms with Crippen LogP contribution in [-0.4, -0.2) is 32.9 Å². The fraction of sp³-hybridized carbons (Fsp3) is 0. The molecule has 0 aromatic rings. The Balaban J connectivity index is -0.000000000952. The molecule has 0 aromatic carbocycles. The zero-order valence-electron chi connectivity index (χ0n) is 4.48. The third kappa shape index (κ3) is 477. The van der Waals surface area contributed by atoms with Crippen LogP contribution in [0.2, 0.25) is 0 Å². The Morgan fingerprint density at radius 2 is 0.600 bits per heavy atom. The van der Waals surface area contributed by atoms with Gasteiger partial charge in [-0.3, -0.25) is 0 Å². The van der Waals surface area contributed by atoms with Gasteiger partial charge in [-0.15, -0.1) is 12.4 Å². The van der Waals surface area contributed by atoms with Crippen molar-refractivity contribution >= 4 is 32.8 Å². The Morgan fingerprint density at radius 1 is 0.600 bits per heavy atom. The third-order valence-electron chi connectivity index (χ3n) is 0. The Hall–Kier alpha value is 1.12. The quantitative estimate of drug-likeness (QED) is 0.403. The van der Waals surface area contributed by atoms with E-state index in [1.807, 2.05) is 0 Å². The van der Waals surface area contributed by atoms with Gasteiger partial charge < -0.3 is 32.9 Å². The van der Waals surface area contributed by atoms with Gasteiger partial charge in [0, 0.05) is 0 Å². The summed E-state index contributed by atoms with van der Waals surface area (Å²) in [5, 5.41) is 0. The monoisotopic (exact) mass is 272 g/mol. The van der Waals surface area contributed by atoms with Crippen molar-refractivity contribution in [3.63, 3.8) is 0 Å². The molecule has 10 heteroatoms. The van der Waals surface area contributed by atoms with E-state index in [9.17, 15) is 0 Å². The normalized spacial score (nSPS) is 2.20. The van der Waals surface area contributed by atoms with Gasteiger partial charge in [-0.25, -0.2) is 0 Å². The molecule has 0 aliphatic carbocycles. The second-order valence-corrected chi connectivity index (χ2v) is 1.68. The molecule has 80 valence electrons. The molecular formula is H13Cl3NiO6. The van der Waals surface area contributed by atoms with Gasteiger partial charge in [0.2, 0.25) is 0 Å². The van der Waals surface area contributed by atoms with E-state index in [2.05, 4.69) is 0 Å². The summed E-state index contributed by atoms with van der Waals surface area (Å²) in [6.07, 6.45) is 0. The van der Waals surface area contributed by atoms with Crippen LogP contribution >= 0.6 is 32.8 Å². The minimum absolute atomic E-state index is 0. The first-order valence-electron chi connectivity index (χ1n) is 0.239. The maximum absolute atomic E-state index is 4.70. The predicted molar refractivity (Wildman–Crippen MR) is 40.6 cm³/mol. The molecular weight excluding hydrogens is 261 g/mol. The van der Waals surface area contributed by atoms with Gasteiger partial charge in [0.1, 0.15) is 0 Å². The minimum atomic E-state index is 0. The van der Waals surface area contributed by atoms with Crippen LogP contribution in [0.25, 0.3) is 0 Å². The van der Waals surface area contributed by atoms with Crippen LogP contribution < -0.4 is 0 Å². The van der Waals surface area contributed by atoms with Crippen molar-refractivity contribution in [3.8, 4) is 0 Å². The number of hydrogen-bond acceptors (Lipinski definition) is 0. The molecule has 0 fully saturated rings. The molecule has 0 aliphatic heterocycles. The van der Waals surface area contributed by atoms with Crippen molar-refractivity contribution in [1.82, 2.24) is 0 Å². The van der Waals surface area contributed by atoms with Gasteiger partial charge in [-0.1, -0.05) is 0 Å². The van der Waals surface area contributed by atoms with Crippen molar-refractivity contribution in [3.05, 3.63) is 0 Å². The molecule has 0 heterocycles. The van der Waals surface area contributed by atoms with E-state index in [-0.39, 0.29) is 45.3 Å². The molecule has 0 saturated heterocycles. The second kappa shape index (κ2) is 187. The molecule has 0 unspecified atom stereocenters. The first kappa shape index (κ1) is 117. The van der Waals surface area contributed by atoms with Gasteiger partial charge in [0.25, 0.3) is 0 Å². The summed E-state index contributed by atoms with van der Waals surface area (Å²) < 4.78 is 0. The van der Waals surface area contributed by atoms with Gasteiger partial charge in [-0.2, -0.15) is 0 Å². The Bertz CT molecular complexity index is 13.0. The first-order valence-corrected chi connectivity index (χ1v) is 2.96. The van der Waals surface area contributed by atoms with Gasteiger partial charge >= 0.3 is 33.0 Å². The van der Waals surface area contributed by atoms with Crippen LogP contribution in [0, 0.1) is 0 Å². The Labute approximate surface area is 78.5 Å². The van der Waals surface area contributed by atoms with Gasteiger partial charge in [0.05, 0.1) is 0 Å². The van der Waals surface area contributed by atoms with Crippen LogP contribution in [-0.2, 0) is 12.7 Å². The van der Waals surface area contributed by atoms with Crippen LogP contribution in [0.5, 0.6) is 0 Å². The van der Waals surface area contributed by atoms with E-state index in [0.717, 1.165) is 0 Å².